The van der Waals surface area contributed by atoms with Gasteiger partial charge in [-0.3, -0.25) is 4.79 Å². The van der Waals surface area contributed by atoms with Gasteiger partial charge in [-0.15, -0.1) is 0 Å². The second-order valence-electron chi connectivity index (χ2n) is 6.19. The van der Waals surface area contributed by atoms with Crippen LogP contribution in [0.3, 0.4) is 0 Å². The maximum atomic E-state index is 12.1. The lowest BCUT2D eigenvalue weighted by Gasteiger charge is -2.18. The summed E-state index contributed by atoms with van der Waals surface area (Å²) in [4.78, 5) is 23.6. The molecule has 0 atom stereocenters. The van der Waals surface area contributed by atoms with Crippen molar-refractivity contribution in [3.63, 3.8) is 0 Å². The Morgan fingerprint density at radius 1 is 1.26 bits per heavy atom. The maximum absolute atomic E-state index is 12.1. The highest BCUT2D eigenvalue weighted by atomic mass is 79.9. The van der Waals surface area contributed by atoms with Gasteiger partial charge in [0.15, 0.2) is 6.61 Å². The molecule has 23 heavy (non-hydrogen) atoms. The van der Waals surface area contributed by atoms with Crippen LogP contribution in [-0.2, 0) is 9.53 Å². The summed E-state index contributed by atoms with van der Waals surface area (Å²) in [5.41, 5.74) is 0.429. The van der Waals surface area contributed by atoms with Crippen molar-refractivity contribution in [3.8, 4) is 5.75 Å². The normalized spacial score (nSPS) is 17.0. The molecular weight excluding hydrogens is 362 g/mol. The van der Waals surface area contributed by atoms with Gasteiger partial charge in [0.05, 0.1) is 17.1 Å². The zero-order chi connectivity index (χ0) is 16.4. The number of methoxy groups -OCH3 is 1. The molecule has 2 aliphatic carbocycles. The summed E-state index contributed by atoms with van der Waals surface area (Å²) in [5.74, 6) is 1.36. The number of rotatable bonds is 7. The summed E-state index contributed by atoms with van der Waals surface area (Å²) in [6.07, 6.45) is 4.90. The molecule has 2 saturated carbocycles. The van der Waals surface area contributed by atoms with E-state index < -0.39 is 5.97 Å². The van der Waals surface area contributed by atoms with Crippen LogP contribution in [0.2, 0.25) is 0 Å². The van der Waals surface area contributed by atoms with E-state index in [2.05, 4.69) is 26.0 Å². The number of ether oxygens (including phenoxy) is 2. The van der Waals surface area contributed by atoms with Crippen LogP contribution in [0, 0.1) is 11.8 Å². The molecule has 0 spiro atoms. The van der Waals surface area contributed by atoms with Gasteiger partial charge in [0.2, 0.25) is 0 Å². The SMILES string of the molecule is COC(=O)c1ccc(OCC(=O)NC(C2CC2)C2CC2)c(Br)c1. The highest BCUT2D eigenvalue weighted by Gasteiger charge is 2.42. The Morgan fingerprint density at radius 2 is 1.91 bits per heavy atom. The molecule has 3 rings (SSSR count). The molecule has 2 fully saturated rings. The number of halogens is 1. The zero-order valence-electron chi connectivity index (χ0n) is 13.0. The Morgan fingerprint density at radius 3 is 2.43 bits per heavy atom. The number of hydrogen-bond acceptors (Lipinski definition) is 4. The molecule has 0 heterocycles. The Hall–Kier alpha value is -1.56. The first-order chi connectivity index (χ1) is 11.1. The highest BCUT2D eigenvalue weighted by Crippen LogP contribution is 2.44. The third kappa shape index (κ3) is 4.25. The molecule has 5 nitrogen and oxygen atoms in total. The van der Waals surface area contributed by atoms with Crippen molar-refractivity contribution >= 4 is 27.8 Å². The Labute approximate surface area is 143 Å². The van der Waals surface area contributed by atoms with E-state index in [0.717, 1.165) is 0 Å². The molecule has 0 aliphatic heterocycles. The molecule has 0 bridgehead atoms. The summed E-state index contributed by atoms with van der Waals surface area (Å²) in [6, 6.07) is 5.22. The molecule has 6 heteroatoms. The van der Waals surface area contributed by atoms with Gasteiger partial charge in [-0.1, -0.05) is 0 Å². The van der Waals surface area contributed by atoms with Gasteiger partial charge >= 0.3 is 5.97 Å². The number of benzene rings is 1. The third-order valence-corrected chi connectivity index (χ3v) is 4.92. The van der Waals surface area contributed by atoms with Crippen molar-refractivity contribution in [2.75, 3.05) is 13.7 Å². The van der Waals surface area contributed by atoms with Crippen LogP contribution in [0.5, 0.6) is 5.75 Å². The van der Waals surface area contributed by atoms with Crippen LogP contribution in [0.15, 0.2) is 22.7 Å². The molecule has 1 amide bonds. The number of esters is 1. The van der Waals surface area contributed by atoms with E-state index in [1.165, 1.54) is 32.8 Å². The minimum Gasteiger partial charge on any atom is -0.483 e. The van der Waals surface area contributed by atoms with Crippen LogP contribution >= 0.6 is 15.9 Å². The summed E-state index contributed by atoms with van der Waals surface area (Å²) in [6.45, 7) is -0.0217. The van der Waals surface area contributed by atoms with Crippen molar-refractivity contribution in [3.05, 3.63) is 28.2 Å². The van der Waals surface area contributed by atoms with Crippen LogP contribution in [-0.4, -0.2) is 31.6 Å². The van der Waals surface area contributed by atoms with Crippen LogP contribution in [0.25, 0.3) is 0 Å². The summed E-state index contributed by atoms with van der Waals surface area (Å²) >= 11 is 3.35. The van der Waals surface area contributed by atoms with Gasteiger partial charge in [-0.05, 0) is 71.6 Å². The minimum absolute atomic E-state index is 0.0217. The smallest absolute Gasteiger partial charge is 0.337 e. The topological polar surface area (TPSA) is 64.6 Å². The predicted octanol–water partition coefficient (Wildman–Crippen LogP) is 2.92. The number of carbonyl (C=O) groups is 2. The lowest BCUT2D eigenvalue weighted by Crippen LogP contribution is -2.40. The molecule has 2 aliphatic rings. The fraction of sp³-hybridized carbons (Fsp3) is 0.529. The van der Waals surface area contributed by atoms with Crippen molar-refractivity contribution in [2.45, 2.75) is 31.7 Å². The van der Waals surface area contributed by atoms with Gasteiger partial charge in [0, 0.05) is 6.04 Å². The monoisotopic (exact) mass is 381 g/mol. The second-order valence-corrected chi connectivity index (χ2v) is 7.05. The van der Waals surface area contributed by atoms with E-state index in [-0.39, 0.29) is 12.5 Å². The average molecular weight is 382 g/mol. The minimum atomic E-state index is -0.410. The van der Waals surface area contributed by atoms with Gasteiger partial charge in [0.25, 0.3) is 5.91 Å². The Kier molecular flexibility index (Phi) is 4.90. The Balaban J connectivity index is 1.53. The largest absolute Gasteiger partial charge is 0.483 e. The van der Waals surface area contributed by atoms with E-state index in [4.69, 9.17) is 4.74 Å². The van der Waals surface area contributed by atoms with E-state index in [1.54, 1.807) is 18.2 Å². The fourth-order valence-electron chi connectivity index (χ4n) is 2.76. The number of hydrogen-bond donors (Lipinski definition) is 1. The number of carbonyl (C=O) groups excluding carboxylic acids is 2. The molecule has 0 saturated heterocycles. The van der Waals surface area contributed by atoms with Crippen molar-refractivity contribution in [1.82, 2.24) is 5.32 Å². The van der Waals surface area contributed by atoms with Crippen LogP contribution < -0.4 is 10.1 Å². The molecule has 0 radical (unpaired) electrons. The molecule has 124 valence electrons. The predicted molar refractivity (Wildman–Crippen MR) is 88.4 cm³/mol. The standard InChI is InChI=1S/C17H20BrNO4/c1-22-17(21)12-6-7-14(13(18)8-12)23-9-15(20)19-16(10-2-3-10)11-4-5-11/h6-8,10-11,16H,2-5,9H2,1H3,(H,19,20). The molecule has 1 N–H and O–H groups in total. The van der Waals surface area contributed by atoms with Gasteiger partial charge < -0.3 is 14.8 Å². The van der Waals surface area contributed by atoms with Crippen molar-refractivity contribution < 1.29 is 19.1 Å². The Bertz CT molecular complexity index is 599. The molecule has 1 aromatic carbocycles. The zero-order valence-corrected chi connectivity index (χ0v) is 14.6. The van der Waals surface area contributed by atoms with Gasteiger partial charge in [-0.2, -0.15) is 0 Å². The third-order valence-electron chi connectivity index (χ3n) is 4.30. The second kappa shape index (κ2) is 6.91. The van der Waals surface area contributed by atoms with Gasteiger partial charge in [0.1, 0.15) is 5.75 Å². The first-order valence-electron chi connectivity index (χ1n) is 7.88. The fourth-order valence-corrected chi connectivity index (χ4v) is 3.26. The van der Waals surface area contributed by atoms with E-state index in [9.17, 15) is 9.59 Å². The maximum Gasteiger partial charge on any atom is 0.337 e. The molecule has 0 unspecified atom stereocenters. The van der Waals surface area contributed by atoms with Gasteiger partial charge in [-0.25, -0.2) is 4.79 Å². The lowest BCUT2D eigenvalue weighted by molar-refractivity contribution is -0.124. The molecule has 0 aromatic heterocycles. The average Bonchev–Trinajstić information content (AvgIpc) is 3.43. The number of amides is 1. The van der Waals surface area contributed by atoms with Crippen molar-refractivity contribution in [1.29, 1.82) is 0 Å². The van der Waals surface area contributed by atoms with Crippen LogP contribution in [0.4, 0.5) is 0 Å². The number of nitrogens with one attached hydrogen (secondary N) is 1. The van der Waals surface area contributed by atoms with E-state index in [1.807, 2.05) is 0 Å². The van der Waals surface area contributed by atoms with E-state index >= 15 is 0 Å². The summed E-state index contributed by atoms with van der Waals surface area (Å²) < 4.78 is 10.8. The summed E-state index contributed by atoms with van der Waals surface area (Å²) in [5, 5.41) is 3.12. The first kappa shape index (κ1) is 16.3. The van der Waals surface area contributed by atoms with E-state index in [0.29, 0.717) is 33.7 Å². The first-order valence-corrected chi connectivity index (χ1v) is 8.68. The summed E-state index contributed by atoms with van der Waals surface area (Å²) in [7, 11) is 1.33. The highest BCUT2D eigenvalue weighted by molar-refractivity contribution is 9.10. The molecular formula is C17H20BrNO4. The van der Waals surface area contributed by atoms with Crippen LogP contribution in [0.1, 0.15) is 36.0 Å². The quantitative estimate of drug-likeness (QED) is 0.737. The molecule has 1 aromatic rings. The van der Waals surface area contributed by atoms with Crippen molar-refractivity contribution in [2.24, 2.45) is 11.8 Å². The lowest BCUT2D eigenvalue weighted by atomic mass is 10.1.